The van der Waals surface area contributed by atoms with E-state index in [4.69, 9.17) is 18.9 Å². The zero-order valence-corrected chi connectivity index (χ0v) is 31.7. The average molecular weight is 701 g/mol. The van der Waals surface area contributed by atoms with Crippen LogP contribution in [0.4, 0.5) is 0 Å². The fourth-order valence-corrected chi connectivity index (χ4v) is 9.69. The van der Waals surface area contributed by atoms with Gasteiger partial charge in [0.15, 0.2) is 5.60 Å². The van der Waals surface area contributed by atoms with E-state index in [-0.39, 0.29) is 48.1 Å². The molecule has 6 rings (SSSR count). The summed E-state index contributed by atoms with van der Waals surface area (Å²) < 4.78 is 24.4. The second kappa shape index (κ2) is 13.6. The topological polar surface area (TPSA) is 138 Å². The molecule has 12 atom stereocenters. The van der Waals surface area contributed by atoms with E-state index in [1.807, 2.05) is 6.92 Å². The lowest BCUT2D eigenvalue weighted by atomic mass is 9.60. The molecule has 4 aliphatic heterocycles. The van der Waals surface area contributed by atoms with Crippen molar-refractivity contribution < 1.29 is 43.9 Å². The lowest BCUT2D eigenvalue weighted by molar-refractivity contribution is -0.232. The Hall–Kier alpha value is -1.78. The number of allylic oxidation sites excluding steroid dienone is 4. The summed E-state index contributed by atoms with van der Waals surface area (Å²) in [4.78, 5) is 28.0. The number of aliphatic hydroxyl groups is 3. The van der Waals surface area contributed by atoms with E-state index in [1.165, 1.54) is 11.1 Å². The Morgan fingerprint density at radius 2 is 1.26 bits per heavy atom. The molecule has 0 saturated carbocycles. The molecule has 282 valence electrons. The van der Waals surface area contributed by atoms with Gasteiger partial charge in [-0.2, -0.15) is 0 Å². The van der Waals surface area contributed by atoms with Gasteiger partial charge in [-0.15, -0.1) is 0 Å². The molecule has 2 aliphatic carbocycles. The number of esters is 2. The van der Waals surface area contributed by atoms with E-state index in [0.29, 0.717) is 51.4 Å². The minimum Gasteiger partial charge on any atom is -0.459 e. The van der Waals surface area contributed by atoms with E-state index >= 15 is 0 Å². The fourth-order valence-electron chi connectivity index (χ4n) is 9.69. The predicted octanol–water partition coefficient (Wildman–Crippen LogP) is 6.79. The molecule has 0 aromatic heterocycles. The third kappa shape index (κ3) is 7.64. The molecular formula is C41H64O9. The standard InChI is InChI=1S/C41H64O9/c1-26-10-8-18-37(4,44)32-24-28(16-20-39(6)30(49-39)14-12-26)29(34(42)47-32)17-21-41(46)35(43)48-33-25-36(41,3)22-23-40(7)31(50-40)15-13-27(2)11-9-19-38(33,5)45/h10-11,28-33,44-46H,8-9,12-25H2,1-7H3/t28-,29+,30-,31-,32+,33+,36+,37-,38-,39+,40+,41+/m0/s1. The van der Waals surface area contributed by atoms with Gasteiger partial charge in [-0.3, -0.25) is 4.79 Å². The van der Waals surface area contributed by atoms with Crippen LogP contribution < -0.4 is 0 Å². The number of ether oxygens (including phenoxy) is 4. The number of epoxide rings is 2. The van der Waals surface area contributed by atoms with Crippen LogP contribution in [0.5, 0.6) is 0 Å². The van der Waals surface area contributed by atoms with Crippen molar-refractivity contribution in [2.45, 2.75) is 204 Å². The first kappa shape index (κ1) is 38.0. The summed E-state index contributed by atoms with van der Waals surface area (Å²) in [5.41, 5.74) is -3.23. The number of carbonyl (C=O) groups is 2. The van der Waals surface area contributed by atoms with Gasteiger partial charge >= 0.3 is 11.9 Å². The van der Waals surface area contributed by atoms with Crippen molar-refractivity contribution in [1.29, 1.82) is 0 Å². The van der Waals surface area contributed by atoms with Gasteiger partial charge in [0.25, 0.3) is 0 Å². The van der Waals surface area contributed by atoms with Gasteiger partial charge in [0, 0.05) is 5.41 Å². The highest BCUT2D eigenvalue weighted by molar-refractivity contribution is 5.82. The molecule has 4 heterocycles. The summed E-state index contributed by atoms with van der Waals surface area (Å²) in [5, 5.41) is 35.7. The molecule has 6 aliphatic rings. The van der Waals surface area contributed by atoms with Crippen molar-refractivity contribution in [1.82, 2.24) is 0 Å². The van der Waals surface area contributed by atoms with Crippen LogP contribution >= 0.6 is 0 Å². The zero-order valence-electron chi connectivity index (χ0n) is 31.7. The molecule has 3 N–H and O–H groups in total. The summed E-state index contributed by atoms with van der Waals surface area (Å²) in [6.45, 7) is 14.0. The molecule has 0 aromatic rings. The minimum atomic E-state index is -1.86. The lowest BCUT2D eigenvalue weighted by Crippen LogP contribution is -2.63. The minimum absolute atomic E-state index is 0.0396. The number of hydrogen-bond acceptors (Lipinski definition) is 9. The van der Waals surface area contributed by atoms with Crippen LogP contribution in [0.3, 0.4) is 0 Å². The van der Waals surface area contributed by atoms with Gasteiger partial charge in [-0.25, -0.2) is 4.79 Å². The molecule has 0 unspecified atom stereocenters. The zero-order chi connectivity index (χ0) is 36.3. The highest BCUT2D eigenvalue weighted by Gasteiger charge is 2.63. The summed E-state index contributed by atoms with van der Waals surface area (Å²) in [5.74, 6) is -1.74. The molecule has 9 heteroatoms. The van der Waals surface area contributed by atoms with Crippen LogP contribution in [0.15, 0.2) is 23.3 Å². The molecule has 0 spiro atoms. The molecule has 4 saturated heterocycles. The maximum Gasteiger partial charge on any atom is 0.339 e. The van der Waals surface area contributed by atoms with Crippen molar-refractivity contribution in [3.8, 4) is 0 Å². The maximum absolute atomic E-state index is 14.1. The first-order chi connectivity index (χ1) is 23.3. The summed E-state index contributed by atoms with van der Waals surface area (Å²) >= 11 is 0. The Morgan fingerprint density at radius 3 is 1.86 bits per heavy atom. The van der Waals surface area contributed by atoms with Crippen molar-refractivity contribution in [2.75, 3.05) is 0 Å². The Morgan fingerprint density at radius 1 is 0.700 bits per heavy atom. The molecule has 9 nitrogen and oxygen atoms in total. The van der Waals surface area contributed by atoms with Crippen LogP contribution in [-0.4, -0.2) is 79.7 Å². The maximum atomic E-state index is 14.1. The monoisotopic (exact) mass is 700 g/mol. The van der Waals surface area contributed by atoms with Crippen LogP contribution in [0.1, 0.15) is 151 Å². The second-order valence-electron chi connectivity index (χ2n) is 18.4. The highest BCUT2D eigenvalue weighted by Crippen LogP contribution is 2.55. The molecule has 4 bridgehead atoms. The van der Waals surface area contributed by atoms with E-state index in [9.17, 15) is 24.9 Å². The van der Waals surface area contributed by atoms with Gasteiger partial charge in [0.05, 0.1) is 40.5 Å². The van der Waals surface area contributed by atoms with Crippen LogP contribution in [-0.2, 0) is 28.5 Å². The number of fused-ring (bicyclic) bond motifs is 6. The van der Waals surface area contributed by atoms with Gasteiger partial charge in [-0.1, -0.05) is 30.2 Å². The lowest BCUT2D eigenvalue weighted by Gasteiger charge is -2.52. The van der Waals surface area contributed by atoms with Crippen molar-refractivity contribution >= 4 is 11.9 Å². The van der Waals surface area contributed by atoms with E-state index < -0.39 is 46.3 Å². The Bertz CT molecular complexity index is 1370. The Balaban J connectivity index is 1.23. The molecule has 0 amide bonds. The molecule has 4 fully saturated rings. The molecule has 50 heavy (non-hydrogen) atoms. The van der Waals surface area contributed by atoms with Gasteiger partial charge in [-0.05, 0) is 150 Å². The highest BCUT2D eigenvalue weighted by atomic mass is 16.6. The summed E-state index contributed by atoms with van der Waals surface area (Å²) in [6.07, 6.45) is 13.1. The van der Waals surface area contributed by atoms with Gasteiger partial charge in [0.2, 0.25) is 0 Å². The Labute approximate surface area is 299 Å². The van der Waals surface area contributed by atoms with Gasteiger partial charge in [0.1, 0.15) is 12.2 Å². The summed E-state index contributed by atoms with van der Waals surface area (Å²) in [6, 6.07) is 0. The average Bonchev–Trinajstić information content (AvgIpc) is 3.91. The van der Waals surface area contributed by atoms with Crippen molar-refractivity contribution in [3.63, 3.8) is 0 Å². The first-order valence-corrected chi connectivity index (χ1v) is 19.5. The van der Waals surface area contributed by atoms with E-state index in [0.717, 1.165) is 38.5 Å². The Kier molecular flexibility index (Phi) is 10.3. The normalized spacial score (nSPS) is 49.0. The van der Waals surface area contributed by atoms with Gasteiger partial charge < -0.3 is 34.3 Å². The number of carbonyl (C=O) groups excluding carboxylic acids is 2. The quantitative estimate of drug-likeness (QED) is 0.165. The molecule has 0 aromatic carbocycles. The third-order valence-electron chi connectivity index (χ3n) is 14.2. The van der Waals surface area contributed by atoms with E-state index in [2.05, 4.69) is 39.8 Å². The SMILES string of the molecule is CC1=CCC[C@](C)(O)[C@H]2C[C@H](CC[C@@]3(C)O[C@H]3CC1)[C@@H](CC[C@@]1(O)C(=O)O[C@@H]3C[C@@]1(C)CC[C@@]1(C)O[C@H]1CCC(C)=CCC[C@]3(C)O)C(=O)O2. The number of hydrogen-bond donors (Lipinski definition) is 3. The van der Waals surface area contributed by atoms with Crippen molar-refractivity contribution in [2.24, 2.45) is 17.3 Å². The largest absolute Gasteiger partial charge is 0.459 e. The van der Waals surface area contributed by atoms with Crippen molar-refractivity contribution in [3.05, 3.63) is 23.3 Å². The first-order valence-electron chi connectivity index (χ1n) is 19.5. The molecular weight excluding hydrogens is 636 g/mol. The fraction of sp³-hybridized carbons (Fsp3) is 0.854. The van der Waals surface area contributed by atoms with Crippen LogP contribution in [0.25, 0.3) is 0 Å². The predicted molar refractivity (Wildman–Crippen MR) is 189 cm³/mol. The van der Waals surface area contributed by atoms with Crippen LogP contribution in [0.2, 0.25) is 0 Å². The number of rotatable bonds is 3. The second-order valence-corrected chi connectivity index (χ2v) is 18.4. The summed E-state index contributed by atoms with van der Waals surface area (Å²) in [7, 11) is 0. The molecule has 0 radical (unpaired) electrons. The van der Waals surface area contributed by atoms with Crippen LogP contribution in [0, 0.1) is 17.3 Å². The smallest absolute Gasteiger partial charge is 0.339 e. The third-order valence-corrected chi connectivity index (χ3v) is 14.2. The van der Waals surface area contributed by atoms with E-state index in [1.54, 1.807) is 13.8 Å².